The van der Waals surface area contributed by atoms with Gasteiger partial charge in [-0.3, -0.25) is 9.69 Å². The average Bonchev–Trinajstić information content (AvgIpc) is 3.30. The highest BCUT2D eigenvalue weighted by Crippen LogP contribution is 2.43. The highest BCUT2D eigenvalue weighted by atomic mass is 35.5. The van der Waals surface area contributed by atoms with Gasteiger partial charge in [0.1, 0.15) is 11.1 Å². The molecule has 2 aromatic carbocycles. The van der Waals surface area contributed by atoms with Crippen molar-refractivity contribution in [1.82, 2.24) is 19.7 Å². The van der Waals surface area contributed by atoms with Gasteiger partial charge in [0.15, 0.2) is 5.16 Å². The summed E-state index contributed by atoms with van der Waals surface area (Å²) in [5.74, 6) is 1.25. The molecule has 1 aromatic heterocycles. The Bertz CT molecular complexity index is 1130. The molecule has 166 valence electrons. The van der Waals surface area contributed by atoms with Gasteiger partial charge in [-0.2, -0.15) is 4.68 Å². The average molecular weight is 487 g/mol. The van der Waals surface area contributed by atoms with Crippen molar-refractivity contribution in [2.24, 2.45) is 5.92 Å². The number of rotatable bonds is 5. The standard InChI is InChI=1S/C24H24Cl2N4OS/c1-15-27-24-30(28-15)23(31)22(32-24)21(18-7-8-19(25)20(26)14-18)29-11-9-17(10-12-29)13-16-5-3-2-4-6-16/h2-8,14,17,21-22H,9-13H2,1H3/t21-,22?/m1/s1. The first-order chi connectivity index (χ1) is 15.5. The van der Waals surface area contributed by atoms with Crippen LogP contribution in [0.15, 0.2) is 53.7 Å². The van der Waals surface area contributed by atoms with Crippen LogP contribution in [-0.2, 0) is 6.42 Å². The third-order valence-electron chi connectivity index (χ3n) is 6.35. The van der Waals surface area contributed by atoms with Crippen LogP contribution in [0.5, 0.6) is 0 Å². The van der Waals surface area contributed by atoms with E-state index in [9.17, 15) is 4.79 Å². The summed E-state index contributed by atoms with van der Waals surface area (Å²) in [6.07, 6.45) is 3.29. The number of fused-ring (bicyclic) bond motifs is 1. The molecule has 1 fully saturated rings. The van der Waals surface area contributed by atoms with E-state index >= 15 is 0 Å². The normalized spacial score (nSPS) is 20.5. The van der Waals surface area contributed by atoms with Gasteiger partial charge in [0.2, 0.25) is 0 Å². The molecule has 32 heavy (non-hydrogen) atoms. The molecule has 0 aliphatic carbocycles. The third kappa shape index (κ3) is 4.34. The minimum absolute atomic E-state index is 0.0203. The summed E-state index contributed by atoms with van der Waals surface area (Å²) in [4.78, 5) is 20.1. The van der Waals surface area contributed by atoms with Crippen LogP contribution in [0.25, 0.3) is 0 Å². The second-order valence-electron chi connectivity index (χ2n) is 8.52. The molecule has 1 saturated heterocycles. The van der Waals surface area contributed by atoms with Crippen LogP contribution in [0, 0.1) is 12.8 Å². The number of hydrogen-bond donors (Lipinski definition) is 0. The van der Waals surface area contributed by atoms with Crippen LogP contribution in [0.4, 0.5) is 0 Å². The third-order valence-corrected chi connectivity index (χ3v) is 8.28. The Balaban J connectivity index is 1.38. The van der Waals surface area contributed by atoms with E-state index in [4.69, 9.17) is 23.2 Å². The molecule has 0 N–H and O–H groups in total. The quantitative estimate of drug-likeness (QED) is 0.462. The first-order valence-electron chi connectivity index (χ1n) is 10.9. The number of likely N-dealkylation sites (tertiary alicyclic amines) is 1. The molecule has 0 amide bonds. The minimum atomic E-state index is -0.312. The fraction of sp³-hybridized carbons (Fsp3) is 0.375. The first-order valence-corrected chi connectivity index (χ1v) is 12.5. The van der Waals surface area contributed by atoms with Gasteiger partial charge < -0.3 is 0 Å². The zero-order valence-electron chi connectivity index (χ0n) is 17.7. The van der Waals surface area contributed by atoms with Crippen molar-refractivity contribution < 1.29 is 4.79 Å². The van der Waals surface area contributed by atoms with Gasteiger partial charge in [0.25, 0.3) is 5.91 Å². The Labute approximate surface area is 202 Å². The van der Waals surface area contributed by atoms with Gasteiger partial charge in [0.05, 0.1) is 16.1 Å². The summed E-state index contributed by atoms with van der Waals surface area (Å²) in [7, 11) is 0. The number of benzene rings is 2. The predicted octanol–water partition coefficient (Wildman–Crippen LogP) is 5.70. The van der Waals surface area contributed by atoms with Crippen molar-refractivity contribution in [3.8, 4) is 0 Å². The van der Waals surface area contributed by atoms with Crippen molar-refractivity contribution in [2.45, 2.75) is 42.6 Å². The summed E-state index contributed by atoms with van der Waals surface area (Å²) < 4.78 is 1.46. The molecule has 5 rings (SSSR count). The molecule has 3 aromatic rings. The molecular formula is C24H24Cl2N4OS. The number of hydrogen-bond acceptors (Lipinski definition) is 5. The monoisotopic (exact) mass is 486 g/mol. The van der Waals surface area contributed by atoms with E-state index in [1.54, 1.807) is 0 Å². The smallest absolute Gasteiger partial charge is 0.264 e. The van der Waals surface area contributed by atoms with Crippen molar-refractivity contribution >= 4 is 40.9 Å². The van der Waals surface area contributed by atoms with Crippen LogP contribution < -0.4 is 0 Å². The van der Waals surface area contributed by atoms with Crippen molar-refractivity contribution in [3.05, 3.63) is 75.5 Å². The Morgan fingerprint density at radius 2 is 1.84 bits per heavy atom. The van der Waals surface area contributed by atoms with Gasteiger partial charge in [-0.15, -0.1) is 5.10 Å². The van der Waals surface area contributed by atoms with Crippen LogP contribution in [0.2, 0.25) is 10.0 Å². The number of nitrogens with zero attached hydrogens (tertiary/aromatic N) is 4. The molecule has 0 spiro atoms. The van der Waals surface area contributed by atoms with Gasteiger partial charge in [-0.1, -0.05) is 71.4 Å². The van der Waals surface area contributed by atoms with Gasteiger partial charge >= 0.3 is 0 Å². The largest absolute Gasteiger partial charge is 0.295 e. The van der Waals surface area contributed by atoms with Gasteiger partial charge in [0, 0.05) is 0 Å². The fourth-order valence-corrected chi connectivity index (χ4v) is 6.36. The minimum Gasteiger partial charge on any atom is -0.295 e. The molecule has 2 aliphatic heterocycles. The molecule has 5 nitrogen and oxygen atoms in total. The Kier molecular flexibility index (Phi) is 6.30. The molecule has 3 heterocycles. The molecule has 0 radical (unpaired) electrons. The SMILES string of the molecule is Cc1nc2n(n1)C(=O)C([C@@H](c1ccc(Cl)c(Cl)c1)N1CCC(Cc3ccccc3)CC1)S2. The van der Waals surface area contributed by atoms with Crippen molar-refractivity contribution in [1.29, 1.82) is 0 Å². The van der Waals surface area contributed by atoms with E-state index in [2.05, 4.69) is 45.3 Å². The number of carbonyl (C=O) groups is 1. The number of thioether (sulfide) groups is 1. The van der Waals surface area contributed by atoms with Gasteiger partial charge in [-0.25, -0.2) is 4.98 Å². The second kappa shape index (κ2) is 9.18. The lowest BCUT2D eigenvalue weighted by Gasteiger charge is -2.39. The van der Waals surface area contributed by atoms with E-state index in [1.165, 1.54) is 22.0 Å². The molecule has 1 unspecified atom stereocenters. The summed E-state index contributed by atoms with van der Waals surface area (Å²) in [6.45, 7) is 3.67. The molecule has 2 aliphatic rings. The zero-order valence-corrected chi connectivity index (χ0v) is 20.1. The maximum atomic E-state index is 13.3. The van der Waals surface area contributed by atoms with E-state index in [1.807, 2.05) is 25.1 Å². The lowest BCUT2D eigenvalue weighted by Crippen LogP contribution is -2.43. The number of carbonyl (C=O) groups excluding carboxylic acids is 1. The summed E-state index contributed by atoms with van der Waals surface area (Å²) >= 11 is 14.1. The molecule has 2 atom stereocenters. The molecule has 0 bridgehead atoms. The fourth-order valence-electron chi connectivity index (χ4n) is 4.76. The van der Waals surface area contributed by atoms with E-state index in [0.29, 0.717) is 26.9 Å². The summed E-state index contributed by atoms with van der Waals surface area (Å²) in [6, 6.07) is 16.3. The number of aromatic nitrogens is 3. The maximum absolute atomic E-state index is 13.3. The van der Waals surface area contributed by atoms with E-state index in [0.717, 1.165) is 37.9 Å². The van der Waals surface area contributed by atoms with Crippen LogP contribution in [0.3, 0.4) is 0 Å². The van der Waals surface area contributed by atoms with Crippen LogP contribution >= 0.6 is 35.0 Å². The summed E-state index contributed by atoms with van der Waals surface area (Å²) in [5, 5.41) is 5.69. The highest BCUT2D eigenvalue weighted by molar-refractivity contribution is 8.00. The topological polar surface area (TPSA) is 51.0 Å². The Morgan fingerprint density at radius 3 is 2.53 bits per heavy atom. The predicted molar refractivity (Wildman–Crippen MR) is 129 cm³/mol. The van der Waals surface area contributed by atoms with Crippen molar-refractivity contribution in [3.63, 3.8) is 0 Å². The Morgan fingerprint density at radius 1 is 1.09 bits per heavy atom. The van der Waals surface area contributed by atoms with Crippen molar-refractivity contribution in [2.75, 3.05) is 13.1 Å². The maximum Gasteiger partial charge on any atom is 0.264 e. The molecule has 8 heteroatoms. The lowest BCUT2D eigenvalue weighted by molar-refractivity contribution is 0.0794. The van der Waals surface area contributed by atoms with E-state index in [-0.39, 0.29) is 17.2 Å². The molecule has 0 saturated carbocycles. The van der Waals surface area contributed by atoms with E-state index < -0.39 is 0 Å². The summed E-state index contributed by atoms with van der Waals surface area (Å²) in [5.41, 5.74) is 2.40. The highest BCUT2D eigenvalue weighted by Gasteiger charge is 2.43. The zero-order chi connectivity index (χ0) is 22.2. The van der Waals surface area contributed by atoms with Crippen LogP contribution in [-0.4, -0.2) is 43.9 Å². The first kappa shape index (κ1) is 22.0. The second-order valence-corrected chi connectivity index (χ2v) is 10.4. The number of piperidine rings is 1. The molecular weight excluding hydrogens is 463 g/mol. The number of halogens is 2. The lowest BCUT2D eigenvalue weighted by atomic mass is 9.88. The van der Waals surface area contributed by atoms with Gasteiger partial charge in [-0.05, 0) is 68.5 Å². The Hall–Kier alpha value is -1.86. The van der Waals surface area contributed by atoms with Crippen LogP contribution in [0.1, 0.15) is 40.6 Å². The number of aryl methyl sites for hydroxylation is 1.